The Hall–Kier alpha value is -2.08. The van der Waals surface area contributed by atoms with Crippen molar-refractivity contribution in [2.45, 2.75) is 32.9 Å². The summed E-state index contributed by atoms with van der Waals surface area (Å²) in [5, 5.41) is 7.23. The maximum atomic E-state index is 12.1. The van der Waals surface area contributed by atoms with Crippen molar-refractivity contribution in [3.8, 4) is 11.3 Å². The van der Waals surface area contributed by atoms with Crippen molar-refractivity contribution in [3.05, 3.63) is 52.8 Å². The van der Waals surface area contributed by atoms with Crippen LogP contribution in [0.3, 0.4) is 0 Å². The van der Waals surface area contributed by atoms with Crippen molar-refractivity contribution in [2.24, 2.45) is 0 Å². The molecule has 0 fully saturated rings. The molecule has 6 heteroatoms. The summed E-state index contributed by atoms with van der Waals surface area (Å²) in [6.07, 6.45) is 0.913. The Kier molecular flexibility index (Phi) is 7.06. The van der Waals surface area contributed by atoms with E-state index in [-0.39, 0.29) is 24.1 Å². The van der Waals surface area contributed by atoms with Crippen LogP contribution in [0.1, 0.15) is 20.3 Å². The van der Waals surface area contributed by atoms with Gasteiger partial charge in [0, 0.05) is 17.7 Å². The van der Waals surface area contributed by atoms with Crippen LogP contribution in [0.5, 0.6) is 0 Å². The first-order chi connectivity index (χ1) is 11.6. The molecule has 0 saturated carbocycles. The standard InChI is InChI=1S/C18H23N3O2S/c1-3-24-12-11-14(2)19-17(22)13-21-18(23)10-9-16(20-21)15-7-5-4-6-8-15/h4-10,14H,3,11-13H2,1-2H3,(H,19,22). The van der Waals surface area contributed by atoms with Crippen LogP contribution < -0.4 is 10.9 Å². The van der Waals surface area contributed by atoms with Crippen LogP contribution in [0.15, 0.2) is 47.3 Å². The lowest BCUT2D eigenvalue weighted by Gasteiger charge is -2.14. The molecule has 0 radical (unpaired) electrons. The highest BCUT2D eigenvalue weighted by Gasteiger charge is 2.10. The van der Waals surface area contributed by atoms with Crippen molar-refractivity contribution in [2.75, 3.05) is 11.5 Å². The van der Waals surface area contributed by atoms with E-state index in [4.69, 9.17) is 0 Å². The predicted molar refractivity (Wildman–Crippen MR) is 99.2 cm³/mol. The summed E-state index contributed by atoms with van der Waals surface area (Å²) in [5.41, 5.74) is 1.31. The van der Waals surface area contributed by atoms with Gasteiger partial charge in [0.05, 0.1) is 5.69 Å². The van der Waals surface area contributed by atoms with Crippen LogP contribution in [0.25, 0.3) is 11.3 Å². The van der Waals surface area contributed by atoms with Crippen LogP contribution >= 0.6 is 11.8 Å². The molecule has 1 atom stereocenters. The van der Waals surface area contributed by atoms with E-state index in [0.29, 0.717) is 5.69 Å². The van der Waals surface area contributed by atoms with Crippen molar-refractivity contribution >= 4 is 17.7 Å². The first-order valence-electron chi connectivity index (χ1n) is 8.11. The minimum atomic E-state index is -0.279. The van der Waals surface area contributed by atoms with Crippen molar-refractivity contribution < 1.29 is 4.79 Å². The molecule has 128 valence electrons. The van der Waals surface area contributed by atoms with Gasteiger partial charge in [-0.25, -0.2) is 4.68 Å². The SMILES string of the molecule is CCSCCC(C)NC(=O)Cn1nc(-c2ccccc2)ccc1=O. The van der Waals surface area contributed by atoms with E-state index in [1.165, 1.54) is 10.7 Å². The smallest absolute Gasteiger partial charge is 0.267 e. The van der Waals surface area contributed by atoms with Gasteiger partial charge in [0.15, 0.2) is 0 Å². The van der Waals surface area contributed by atoms with E-state index in [9.17, 15) is 9.59 Å². The maximum absolute atomic E-state index is 12.1. The summed E-state index contributed by atoms with van der Waals surface area (Å²) < 4.78 is 1.21. The zero-order chi connectivity index (χ0) is 17.4. The molecular weight excluding hydrogens is 322 g/mol. The quantitative estimate of drug-likeness (QED) is 0.747. The van der Waals surface area contributed by atoms with Gasteiger partial charge in [-0.15, -0.1) is 0 Å². The van der Waals surface area contributed by atoms with E-state index >= 15 is 0 Å². The molecule has 0 spiro atoms. The van der Waals surface area contributed by atoms with Crippen molar-refractivity contribution in [3.63, 3.8) is 0 Å². The number of nitrogens with zero attached hydrogens (tertiary/aromatic N) is 2. The van der Waals surface area contributed by atoms with Crippen LogP contribution in [0.4, 0.5) is 0 Å². The summed E-state index contributed by atoms with van der Waals surface area (Å²) in [4.78, 5) is 24.1. The highest BCUT2D eigenvalue weighted by Crippen LogP contribution is 2.13. The molecule has 1 amide bonds. The lowest BCUT2D eigenvalue weighted by atomic mass is 10.1. The Morgan fingerprint density at radius 3 is 2.71 bits per heavy atom. The van der Waals surface area contributed by atoms with Gasteiger partial charge in [-0.2, -0.15) is 16.9 Å². The molecule has 2 rings (SSSR count). The fourth-order valence-corrected chi connectivity index (χ4v) is 3.07. The third-order valence-corrected chi connectivity index (χ3v) is 4.47. The molecule has 5 nitrogen and oxygen atoms in total. The van der Waals surface area contributed by atoms with E-state index in [1.54, 1.807) is 6.07 Å². The molecular formula is C18H23N3O2S. The van der Waals surface area contributed by atoms with Gasteiger partial charge in [-0.05, 0) is 30.9 Å². The molecule has 1 heterocycles. The minimum Gasteiger partial charge on any atom is -0.352 e. The Morgan fingerprint density at radius 2 is 2.00 bits per heavy atom. The summed E-state index contributed by atoms with van der Waals surface area (Å²) in [6.45, 7) is 4.03. The zero-order valence-electron chi connectivity index (χ0n) is 14.1. The highest BCUT2D eigenvalue weighted by molar-refractivity contribution is 7.99. The first kappa shape index (κ1) is 18.3. The largest absolute Gasteiger partial charge is 0.352 e. The van der Waals surface area contributed by atoms with Crippen LogP contribution in [0, 0.1) is 0 Å². The monoisotopic (exact) mass is 345 g/mol. The summed E-state index contributed by atoms with van der Waals surface area (Å²) in [6, 6.07) is 12.8. The van der Waals surface area contributed by atoms with Gasteiger partial charge >= 0.3 is 0 Å². The number of carbonyl (C=O) groups is 1. The van der Waals surface area contributed by atoms with Crippen LogP contribution in [-0.4, -0.2) is 33.2 Å². The molecule has 2 aromatic rings. The third kappa shape index (κ3) is 5.53. The fraction of sp³-hybridized carbons (Fsp3) is 0.389. The van der Waals surface area contributed by atoms with Crippen molar-refractivity contribution in [1.82, 2.24) is 15.1 Å². The fourth-order valence-electron chi connectivity index (χ4n) is 2.26. The molecule has 0 bridgehead atoms. The Labute approximate surface area is 146 Å². The number of hydrogen-bond acceptors (Lipinski definition) is 4. The molecule has 1 aromatic heterocycles. The molecule has 0 aliphatic heterocycles. The Morgan fingerprint density at radius 1 is 1.25 bits per heavy atom. The molecule has 24 heavy (non-hydrogen) atoms. The van der Waals surface area contributed by atoms with Crippen molar-refractivity contribution in [1.29, 1.82) is 0 Å². The van der Waals surface area contributed by atoms with Gasteiger partial charge in [-0.1, -0.05) is 37.3 Å². The van der Waals surface area contributed by atoms with Crippen LogP contribution in [-0.2, 0) is 11.3 Å². The van der Waals surface area contributed by atoms with Gasteiger partial charge in [0.25, 0.3) is 5.56 Å². The molecule has 0 aliphatic rings. The third-order valence-electron chi connectivity index (χ3n) is 3.54. The van der Waals surface area contributed by atoms with Crippen LogP contribution in [0.2, 0.25) is 0 Å². The molecule has 0 saturated heterocycles. The number of benzene rings is 1. The van der Waals surface area contributed by atoms with Gasteiger partial charge in [0.1, 0.15) is 6.54 Å². The second-order valence-corrected chi connectivity index (χ2v) is 6.93. The topological polar surface area (TPSA) is 64.0 Å². The second-order valence-electron chi connectivity index (χ2n) is 5.53. The second kappa shape index (κ2) is 9.27. The number of nitrogens with one attached hydrogen (secondary N) is 1. The number of carbonyl (C=O) groups excluding carboxylic acids is 1. The lowest BCUT2D eigenvalue weighted by molar-refractivity contribution is -0.122. The van der Waals surface area contributed by atoms with Gasteiger partial charge in [0.2, 0.25) is 5.91 Å². The summed E-state index contributed by atoms with van der Waals surface area (Å²) >= 11 is 1.85. The molecule has 0 aliphatic carbocycles. The molecule has 1 aromatic carbocycles. The highest BCUT2D eigenvalue weighted by atomic mass is 32.2. The number of rotatable bonds is 8. The summed E-state index contributed by atoms with van der Waals surface area (Å²) in [5.74, 6) is 1.90. The van der Waals surface area contributed by atoms with Gasteiger partial charge in [-0.3, -0.25) is 9.59 Å². The maximum Gasteiger partial charge on any atom is 0.267 e. The Bertz CT molecular complexity index is 716. The number of hydrogen-bond donors (Lipinski definition) is 1. The predicted octanol–water partition coefficient (Wildman–Crippen LogP) is 2.56. The number of aromatic nitrogens is 2. The normalized spacial score (nSPS) is 11.9. The van der Waals surface area contributed by atoms with E-state index in [0.717, 1.165) is 23.5 Å². The number of amides is 1. The van der Waals surface area contributed by atoms with Gasteiger partial charge < -0.3 is 5.32 Å². The van der Waals surface area contributed by atoms with E-state index in [1.807, 2.05) is 49.0 Å². The lowest BCUT2D eigenvalue weighted by Crippen LogP contribution is -2.38. The van der Waals surface area contributed by atoms with E-state index < -0.39 is 0 Å². The average Bonchev–Trinajstić information content (AvgIpc) is 2.58. The Balaban J connectivity index is 2.01. The minimum absolute atomic E-state index is 0.0647. The first-order valence-corrected chi connectivity index (χ1v) is 9.26. The van der Waals surface area contributed by atoms with E-state index in [2.05, 4.69) is 17.3 Å². The zero-order valence-corrected chi connectivity index (χ0v) is 14.9. The molecule has 1 unspecified atom stereocenters. The molecule has 1 N–H and O–H groups in total. The number of thioether (sulfide) groups is 1. The average molecular weight is 345 g/mol. The summed E-state index contributed by atoms with van der Waals surface area (Å²) in [7, 11) is 0.